The average Bonchev–Trinajstić information content (AvgIpc) is 3.18. The van der Waals surface area contributed by atoms with E-state index >= 15 is 0 Å². The van der Waals surface area contributed by atoms with Crippen molar-refractivity contribution in [3.63, 3.8) is 0 Å². The molecule has 30 heavy (non-hydrogen) atoms. The van der Waals surface area contributed by atoms with Crippen molar-refractivity contribution in [1.82, 2.24) is 0 Å². The minimum absolute atomic E-state index is 0.104. The van der Waals surface area contributed by atoms with Gasteiger partial charge < -0.3 is 18.6 Å². The molecule has 3 rings (SSSR count). The van der Waals surface area contributed by atoms with E-state index < -0.39 is 0 Å². The Morgan fingerprint density at radius 1 is 1.00 bits per heavy atom. The Kier molecular flexibility index (Phi) is 7.32. The molecule has 0 amide bonds. The number of halogens is 3. The van der Waals surface area contributed by atoms with Crippen LogP contribution in [-0.4, -0.2) is 20.0 Å². The number of hydrogen-bond donors (Lipinski definition) is 0. The van der Waals surface area contributed by atoms with Gasteiger partial charge in [-0.25, -0.2) is 0 Å². The van der Waals surface area contributed by atoms with E-state index in [1.165, 1.54) is 20.3 Å². The molecule has 2 aromatic carbocycles. The summed E-state index contributed by atoms with van der Waals surface area (Å²) in [7, 11) is 3.03. The van der Waals surface area contributed by atoms with Crippen molar-refractivity contribution >= 4 is 46.7 Å². The number of carbonyl (C=O) groups is 1. The third-order valence-electron chi connectivity index (χ3n) is 4.08. The maximum absolute atomic E-state index is 12.6. The molecule has 5 nitrogen and oxygen atoms in total. The van der Waals surface area contributed by atoms with Crippen LogP contribution >= 0.6 is 34.8 Å². The fourth-order valence-corrected chi connectivity index (χ4v) is 3.55. The molecule has 0 aliphatic heterocycles. The van der Waals surface area contributed by atoms with Crippen LogP contribution in [0.2, 0.25) is 15.1 Å². The van der Waals surface area contributed by atoms with Gasteiger partial charge in [0.2, 0.25) is 0 Å². The lowest BCUT2D eigenvalue weighted by atomic mass is 10.1. The van der Waals surface area contributed by atoms with Crippen LogP contribution in [0.25, 0.3) is 6.08 Å². The van der Waals surface area contributed by atoms with Gasteiger partial charge in [0.25, 0.3) is 0 Å². The van der Waals surface area contributed by atoms with E-state index in [-0.39, 0.29) is 12.4 Å². The molecule has 1 aromatic heterocycles. The highest BCUT2D eigenvalue weighted by Gasteiger charge is 2.13. The second-order valence-corrected chi connectivity index (χ2v) is 7.31. The monoisotopic (exact) mass is 466 g/mol. The fourth-order valence-electron chi connectivity index (χ4n) is 2.63. The number of ketones is 1. The first-order chi connectivity index (χ1) is 14.4. The van der Waals surface area contributed by atoms with Gasteiger partial charge in [-0.2, -0.15) is 0 Å². The lowest BCUT2D eigenvalue weighted by Crippen LogP contribution is -1.99. The van der Waals surface area contributed by atoms with Gasteiger partial charge in [-0.1, -0.05) is 34.8 Å². The minimum atomic E-state index is -0.250. The second kappa shape index (κ2) is 9.94. The number of rotatable bonds is 8. The molecule has 0 saturated heterocycles. The Morgan fingerprint density at radius 2 is 1.73 bits per heavy atom. The summed E-state index contributed by atoms with van der Waals surface area (Å²) in [6.07, 6.45) is 2.96. The normalized spacial score (nSPS) is 11.0. The summed E-state index contributed by atoms with van der Waals surface area (Å²) in [5.41, 5.74) is 0.384. The molecule has 0 atom stereocenters. The Labute approximate surface area is 188 Å². The lowest BCUT2D eigenvalue weighted by molar-refractivity contribution is 0.104. The third-order valence-corrected chi connectivity index (χ3v) is 4.86. The number of ether oxygens (including phenoxy) is 3. The molecule has 0 fully saturated rings. The molecular formula is C22H17Cl3O5. The Hall–Kier alpha value is -2.60. The molecule has 0 saturated carbocycles. The quantitative estimate of drug-likeness (QED) is 0.271. The van der Waals surface area contributed by atoms with Crippen LogP contribution in [0, 0.1) is 0 Å². The summed E-state index contributed by atoms with van der Waals surface area (Å²) in [6, 6.07) is 11.5. The Balaban J connectivity index is 1.68. The lowest BCUT2D eigenvalue weighted by Gasteiger charge is -2.09. The first kappa shape index (κ1) is 22.1. The summed E-state index contributed by atoms with van der Waals surface area (Å²) in [5.74, 6) is 2.09. The number of benzene rings is 2. The van der Waals surface area contributed by atoms with Crippen molar-refractivity contribution in [1.29, 1.82) is 0 Å². The molecule has 0 bridgehead atoms. The van der Waals surface area contributed by atoms with E-state index in [0.717, 1.165) is 0 Å². The van der Waals surface area contributed by atoms with E-state index in [9.17, 15) is 4.79 Å². The zero-order valence-corrected chi connectivity index (χ0v) is 18.3. The van der Waals surface area contributed by atoms with E-state index in [0.29, 0.717) is 49.4 Å². The van der Waals surface area contributed by atoms with Gasteiger partial charge in [-0.15, -0.1) is 0 Å². The van der Waals surface area contributed by atoms with Gasteiger partial charge >= 0.3 is 0 Å². The molecule has 0 radical (unpaired) electrons. The molecule has 0 aliphatic carbocycles. The number of methoxy groups -OCH3 is 2. The predicted octanol–water partition coefficient (Wildman–Crippen LogP) is 6.73. The van der Waals surface area contributed by atoms with Crippen LogP contribution in [0.15, 0.2) is 53.0 Å². The van der Waals surface area contributed by atoms with E-state index in [2.05, 4.69) is 0 Å². The van der Waals surface area contributed by atoms with Crippen LogP contribution in [0.3, 0.4) is 0 Å². The number of allylic oxidation sites excluding steroid dienone is 1. The van der Waals surface area contributed by atoms with E-state index in [4.69, 9.17) is 53.4 Å². The molecule has 0 N–H and O–H groups in total. The summed E-state index contributed by atoms with van der Waals surface area (Å²) in [5, 5.41) is 1.02. The minimum Gasteiger partial charge on any atom is -0.497 e. The molecule has 0 aliphatic rings. The molecule has 156 valence electrons. The van der Waals surface area contributed by atoms with Crippen molar-refractivity contribution in [2.45, 2.75) is 6.61 Å². The molecule has 3 aromatic rings. The number of furan rings is 1. The summed E-state index contributed by atoms with van der Waals surface area (Å²) >= 11 is 18.1. The van der Waals surface area contributed by atoms with Crippen LogP contribution in [-0.2, 0) is 6.61 Å². The number of hydrogen-bond acceptors (Lipinski definition) is 5. The van der Waals surface area contributed by atoms with Gasteiger partial charge in [0.15, 0.2) is 11.5 Å². The Morgan fingerprint density at radius 3 is 2.40 bits per heavy atom. The maximum Gasteiger partial charge on any atom is 0.189 e. The summed E-state index contributed by atoms with van der Waals surface area (Å²) in [4.78, 5) is 12.6. The third kappa shape index (κ3) is 5.30. The first-order valence-electron chi connectivity index (χ1n) is 8.71. The van der Waals surface area contributed by atoms with Crippen LogP contribution in [0.5, 0.6) is 17.2 Å². The van der Waals surface area contributed by atoms with Crippen LogP contribution < -0.4 is 14.2 Å². The number of carbonyl (C=O) groups excluding carboxylic acids is 1. The molecular weight excluding hydrogens is 451 g/mol. The topological polar surface area (TPSA) is 57.9 Å². The van der Waals surface area contributed by atoms with E-state index in [1.807, 2.05) is 0 Å². The Bertz CT molecular complexity index is 1070. The average molecular weight is 468 g/mol. The van der Waals surface area contributed by atoms with Gasteiger partial charge in [0.05, 0.1) is 29.8 Å². The van der Waals surface area contributed by atoms with Crippen molar-refractivity contribution in [3.8, 4) is 17.2 Å². The summed E-state index contributed by atoms with van der Waals surface area (Å²) in [6.45, 7) is 0.104. The summed E-state index contributed by atoms with van der Waals surface area (Å²) < 4.78 is 21.7. The standard InChI is InChI=1S/C22H17Cl3O5/c1-27-15-6-8-21(28-2)17(11-15)20(26)7-5-14-3-4-16(30-14)12-29-22-18(24)9-13(23)10-19(22)25/h3-11H,12H2,1-2H3/b7-5+. The smallest absolute Gasteiger partial charge is 0.189 e. The van der Waals surface area contributed by atoms with Gasteiger partial charge in [-0.3, -0.25) is 4.79 Å². The zero-order chi connectivity index (χ0) is 21.7. The van der Waals surface area contributed by atoms with Gasteiger partial charge in [0.1, 0.15) is 29.6 Å². The second-order valence-electron chi connectivity index (χ2n) is 6.06. The highest BCUT2D eigenvalue weighted by molar-refractivity contribution is 6.40. The highest BCUT2D eigenvalue weighted by atomic mass is 35.5. The van der Waals surface area contributed by atoms with Gasteiger partial charge in [0, 0.05) is 5.02 Å². The largest absolute Gasteiger partial charge is 0.497 e. The SMILES string of the molecule is COc1ccc(OC)c(C(=O)/C=C/c2ccc(COc3c(Cl)cc(Cl)cc3Cl)o2)c1. The molecule has 8 heteroatoms. The van der Waals surface area contributed by atoms with Crippen LogP contribution in [0.1, 0.15) is 21.9 Å². The predicted molar refractivity (Wildman–Crippen MR) is 117 cm³/mol. The zero-order valence-electron chi connectivity index (χ0n) is 16.1. The van der Waals surface area contributed by atoms with Crippen molar-refractivity contribution in [3.05, 3.63) is 80.7 Å². The van der Waals surface area contributed by atoms with Crippen molar-refractivity contribution in [2.75, 3.05) is 14.2 Å². The van der Waals surface area contributed by atoms with Gasteiger partial charge in [-0.05, 0) is 54.6 Å². The van der Waals surface area contributed by atoms with Crippen LogP contribution in [0.4, 0.5) is 0 Å². The van der Waals surface area contributed by atoms with Crippen molar-refractivity contribution < 1.29 is 23.4 Å². The molecule has 1 heterocycles. The fraction of sp³-hybridized carbons (Fsp3) is 0.136. The highest BCUT2D eigenvalue weighted by Crippen LogP contribution is 2.36. The molecule has 0 spiro atoms. The van der Waals surface area contributed by atoms with Crippen molar-refractivity contribution in [2.24, 2.45) is 0 Å². The first-order valence-corrected chi connectivity index (χ1v) is 9.85. The van der Waals surface area contributed by atoms with E-state index in [1.54, 1.807) is 48.5 Å². The maximum atomic E-state index is 12.6. The molecule has 0 unspecified atom stereocenters.